The molecule has 0 aliphatic heterocycles. The van der Waals surface area contributed by atoms with Crippen molar-refractivity contribution in [1.29, 1.82) is 0 Å². The van der Waals surface area contributed by atoms with Gasteiger partial charge in [0.25, 0.3) is 5.56 Å². The van der Waals surface area contributed by atoms with Gasteiger partial charge in [-0.2, -0.15) is 5.10 Å². The lowest BCUT2D eigenvalue weighted by Crippen LogP contribution is -2.39. The quantitative estimate of drug-likeness (QED) is 0.855. The lowest BCUT2D eigenvalue weighted by atomic mass is 9.93. The molecule has 0 amide bonds. The van der Waals surface area contributed by atoms with Crippen molar-refractivity contribution in [3.8, 4) is 5.75 Å². The summed E-state index contributed by atoms with van der Waals surface area (Å²) in [7, 11) is -2.28. The molecule has 1 atom stereocenters. The van der Waals surface area contributed by atoms with Crippen LogP contribution < -0.4 is 15.0 Å². The zero-order chi connectivity index (χ0) is 17.3. The zero-order valence-corrected chi connectivity index (χ0v) is 14.3. The average Bonchev–Trinajstić information content (AvgIpc) is 2.54. The maximum absolute atomic E-state index is 12.7. The van der Waals surface area contributed by atoms with Crippen LogP contribution in [0.25, 0.3) is 0 Å². The normalized spacial score (nSPS) is 17.3. The molecular weight excluding hydrogens is 330 g/mol. The molecule has 2 aromatic rings. The molecule has 1 aliphatic carbocycles. The number of nitrogens with zero attached hydrogens (tertiary/aromatic N) is 1. The van der Waals surface area contributed by atoms with Crippen molar-refractivity contribution >= 4 is 10.0 Å². The topological polar surface area (TPSA) is 101 Å². The fourth-order valence-corrected chi connectivity index (χ4v) is 4.44. The molecule has 0 saturated carbocycles. The van der Waals surface area contributed by atoms with Gasteiger partial charge in [0.1, 0.15) is 10.6 Å². The molecule has 1 aromatic carbocycles. The maximum Gasteiger partial charge on any atom is 0.264 e. The first-order valence-corrected chi connectivity index (χ1v) is 9.12. The first kappa shape index (κ1) is 16.7. The first-order valence-electron chi connectivity index (χ1n) is 7.63. The van der Waals surface area contributed by atoms with E-state index >= 15 is 0 Å². The molecule has 0 saturated heterocycles. The molecule has 0 radical (unpaired) electrons. The average molecular weight is 349 g/mol. The number of hydrogen-bond donors (Lipinski definition) is 2. The SMILES string of the molecule is COc1ccc(C)cc1S(=O)(=O)NC1CCc2n[nH]c(=O)cc2C1. The Kier molecular flexibility index (Phi) is 4.42. The van der Waals surface area contributed by atoms with Crippen LogP contribution in [0.3, 0.4) is 0 Å². The molecule has 2 N–H and O–H groups in total. The number of ether oxygens (including phenoxy) is 1. The van der Waals surface area contributed by atoms with E-state index in [4.69, 9.17) is 4.74 Å². The van der Waals surface area contributed by atoms with Crippen LogP contribution >= 0.6 is 0 Å². The third-order valence-electron chi connectivity index (χ3n) is 4.10. The summed E-state index contributed by atoms with van der Waals surface area (Å²) in [4.78, 5) is 11.5. The van der Waals surface area contributed by atoms with Crippen LogP contribution in [0.1, 0.15) is 23.2 Å². The lowest BCUT2D eigenvalue weighted by molar-refractivity contribution is 0.401. The van der Waals surface area contributed by atoms with Crippen molar-refractivity contribution in [2.75, 3.05) is 7.11 Å². The number of aromatic nitrogens is 2. The van der Waals surface area contributed by atoms with Crippen LogP contribution in [0.15, 0.2) is 34.0 Å². The molecule has 1 aliphatic rings. The summed E-state index contributed by atoms with van der Waals surface area (Å²) in [6.45, 7) is 1.83. The minimum Gasteiger partial charge on any atom is -0.495 e. The minimum atomic E-state index is -3.72. The molecule has 0 fully saturated rings. The van der Waals surface area contributed by atoms with Crippen molar-refractivity contribution in [3.05, 3.63) is 51.4 Å². The molecular formula is C16H19N3O4S. The van der Waals surface area contributed by atoms with Gasteiger partial charge in [0.2, 0.25) is 10.0 Å². The predicted molar refractivity (Wildman–Crippen MR) is 88.7 cm³/mol. The summed E-state index contributed by atoms with van der Waals surface area (Å²) in [5, 5.41) is 6.42. The number of H-pyrrole nitrogens is 1. The van der Waals surface area contributed by atoms with E-state index in [-0.39, 0.29) is 16.5 Å². The number of methoxy groups -OCH3 is 1. The third-order valence-corrected chi connectivity index (χ3v) is 5.65. The van der Waals surface area contributed by atoms with Crippen molar-refractivity contribution < 1.29 is 13.2 Å². The van der Waals surface area contributed by atoms with E-state index in [1.807, 2.05) is 6.92 Å². The standard InChI is InChI=1S/C16H19N3O4S/c1-10-3-6-14(23-2)15(7-10)24(21,22)19-12-4-5-13-11(8-12)9-16(20)18-17-13/h3,6-7,9,12,19H,4-5,8H2,1-2H3,(H,18,20). The van der Waals surface area contributed by atoms with Crippen molar-refractivity contribution in [2.45, 2.75) is 37.1 Å². The van der Waals surface area contributed by atoms with Gasteiger partial charge in [0.15, 0.2) is 0 Å². The first-order chi connectivity index (χ1) is 11.4. The van der Waals surface area contributed by atoms with Crippen LogP contribution in [0.2, 0.25) is 0 Å². The fraction of sp³-hybridized carbons (Fsp3) is 0.375. The van der Waals surface area contributed by atoms with Crippen molar-refractivity contribution in [2.24, 2.45) is 0 Å². The highest BCUT2D eigenvalue weighted by atomic mass is 32.2. The highest BCUT2D eigenvalue weighted by molar-refractivity contribution is 7.89. The number of aryl methyl sites for hydroxylation is 2. The summed E-state index contributed by atoms with van der Waals surface area (Å²) in [5.41, 5.74) is 2.16. The second-order valence-electron chi connectivity index (χ2n) is 5.92. The number of fused-ring (bicyclic) bond motifs is 1. The predicted octanol–water partition coefficient (Wildman–Crippen LogP) is 0.923. The Balaban J connectivity index is 1.86. The number of sulfonamides is 1. The Hall–Kier alpha value is -2.19. The van der Waals surface area contributed by atoms with Crippen LogP contribution in [-0.2, 0) is 22.9 Å². The van der Waals surface area contributed by atoms with Gasteiger partial charge in [0, 0.05) is 12.1 Å². The molecule has 0 bridgehead atoms. The van der Waals surface area contributed by atoms with E-state index in [0.717, 1.165) is 16.8 Å². The summed E-state index contributed by atoms with van der Waals surface area (Å²) in [6, 6.07) is 6.23. The Bertz CT molecular complexity index is 921. The molecule has 128 valence electrons. The van der Waals surface area contributed by atoms with Gasteiger partial charge < -0.3 is 4.74 Å². The summed E-state index contributed by atoms with van der Waals surface area (Å²) in [6.07, 6.45) is 1.68. The summed E-state index contributed by atoms with van der Waals surface area (Å²) in [5.74, 6) is 0.308. The van der Waals surface area contributed by atoms with Gasteiger partial charge in [-0.15, -0.1) is 0 Å². The van der Waals surface area contributed by atoms with E-state index < -0.39 is 10.0 Å². The molecule has 1 unspecified atom stereocenters. The second kappa shape index (κ2) is 6.37. The molecule has 3 rings (SSSR count). The van der Waals surface area contributed by atoms with E-state index in [1.165, 1.54) is 13.2 Å². The Labute approximate surface area is 140 Å². The highest BCUT2D eigenvalue weighted by Crippen LogP contribution is 2.26. The maximum atomic E-state index is 12.7. The van der Waals surface area contributed by atoms with Gasteiger partial charge in [-0.05, 0) is 49.4 Å². The number of benzene rings is 1. The Morgan fingerprint density at radius 3 is 2.88 bits per heavy atom. The largest absolute Gasteiger partial charge is 0.495 e. The number of aromatic amines is 1. The zero-order valence-electron chi connectivity index (χ0n) is 13.5. The van der Waals surface area contributed by atoms with E-state index in [2.05, 4.69) is 14.9 Å². The van der Waals surface area contributed by atoms with Gasteiger partial charge in [-0.3, -0.25) is 4.79 Å². The van der Waals surface area contributed by atoms with Gasteiger partial charge in [-0.1, -0.05) is 6.07 Å². The molecule has 8 heteroatoms. The van der Waals surface area contributed by atoms with Gasteiger partial charge in [-0.25, -0.2) is 18.2 Å². The van der Waals surface area contributed by atoms with E-state index in [0.29, 0.717) is 25.0 Å². The molecule has 7 nitrogen and oxygen atoms in total. The highest BCUT2D eigenvalue weighted by Gasteiger charge is 2.27. The van der Waals surface area contributed by atoms with Crippen molar-refractivity contribution in [1.82, 2.24) is 14.9 Å². The van der Waals surface area contributed by atoms with Crippen LogP contribution in [0.4, 0.5) is 0 Å². The van der Waals surface area contributed by atoms with Crippen LogP contribution in [0.5, 0.6) is 5.75 Å². The molecule has 24 heavy (non-hydrogen) atoms. The number of rotatable bonds is 4. The Morgan fingerprint density at radius 1 is 1.33 bits per heavy atom. The summed E-state index contributed by atoms with van der Waals surface area (Å²) < 4.78 is 33.4. The molecule has 1 aromatic heterocycles. The fourth-order valence-electron chi connectivity index (χ4n) is 2.92. The van der Waals surface area contributed by atoms with E-state index in [9.17, 15) is 13.2 Å². The molecule has 0 spiro atoms. The van der Waals surface area contributed by atoms with Crippen molar-refractivity contribution in [3.63, 3.8) is 0 Å². The number of hydrogen-bond acceptors (Lipinski definition) is 5. The van der Waals surface area contributed by atoms with Gasteiger partial charge >= 0.3 is 0 Å². The van der Waals surface area contributed by atoms with Gasteiger partial charge in [0.05, 0.1) is 12.8 Å². The second-order valence-corrected chi connectivity index (χ2v) is 7.60. The lowest BCUT2D eigenvalue weighted by Gasteiger charge is -2.24. The van der Waals surface area contributed by atoms with Crippen LogP contribution in [0, 0.1) is 6.92 Å². The van der Waals surface area contributed by atoms with E-state index in [1.54, 1.807) is 18.2 Å². The Morgan fingerprint density at radius 2 is 2.12 bits per heavy atom. The van der Waals surface area contributed by atoms with Crippen LogP contribution in [-0.4, -0.2) is 31.8 Å². The monoisotopic (exact) mass is 349 g/mol. The minimum absolute atomic E-state index is 0.125. The molecule has 1 heterocycles. The summed E-state index contributed by atoms with van der Waals surface area (Å²) >= 11 is 0. The third kappa shape index (κ3) is 3.34. The smallest absolute Gasteiger partial charge is 0.264 e. The number of nitrogens with one attached hydrogen (secondary N) is 2.